The number of hydrogen-bond donors (Lipinski definition) is 0. The van der Waals surface area contributed by atoms with Crippen LogP contribution in [0.4, 0.5) is 0 Å². The Hall–Kier alpha value is 0.0400. The highest BCUT2D eigenvalue weighted by molar-refractivity contribution is 9.10. The predicted molar refractivity (Wildman–Crippen MR) is 42.7 cm³/mol. The standard InChI is InChI=1S/C5H7BrN2S/c1-8-5(9-2)3-4(6)7-8/h3H,1-2H3. The molecule has 0 N–H and O–H groups in total. The number of halogens is 1. The van der Waals surface area contributed by atoms with Crippen molar-refractivity contribution in [2.24, 2.45) is 7.05 Å². The van der Waals surface area contributed by atoms with Crippen LogP contribution in [0.2, 0.25) is 0 Å². The quantitative estimate of drug-likeness (QED) is 0.654. The summed E-state index contributed by atoms with van der Waals surface area (Å²) in [6, 6.07) is 1.99. The highest BCUT2D eigenvalue weighted by atomic mass is 79.9. The molecule has 0 fully saturated rings. The topological polar surface area (TPSA) is 17.8 Å². The van der Waals surface area contributed by atoms with Gasteiger partial charge in [0.2, 0.25) is 0 Å². The first-order valence-corrected chi connectivity index (χ1v) is 4.49. The monoisotopic (exact) mass is 206 g/mol. The molecule has 1 rings (SSSR count). The van der Waals surface area contributed by atoms with E-state index in [-0.39, 0.29) is 0 Å². The van der Waals surface area contributed by atoms with Gasteiger partial charge in [-0.25, -0.2) is 0 Å². The first kappa shape index (κ1) is 7.15. The first-order valence-electron chi connectivity index (χ1n) is 2.47. The minimum Gasteiger partial charge on any atom is -0.261 e. The van der Waals surface area contributed by atoms with E-state index in [1.807, 2.05) is 24.1 Å². The second-order valence-corrected chi connectivity index (χ2v) is 3.27. The summed E-state index contributed by atoms with van der Waals surface area (Å²) in [6.07, 6.45) is 2.03. The van der Waals surface area contributed by atoms with Gasteiger partial charge in [-0.15, -0.1) is 11.8 Å². The van der Waals surface area contributed by atoms with E-state index in [1.165, 1.54) is 5.03 Å². The van der Waals surface area contributed by atoms with Crippen molar-refractivity contribution in [2.45, 2.75) is 5.03 Å². The van der Waals surface area contributed by atoms with Crippen molar-refractivity contribution in [3.63, 3.8) is 0 Å². The summed E-state index contributed by atoms with van der Waals surface area (Å²) in [5.41, 5.74) is 0. The van der Waals surface area contributed by atoms with Gasteiger partial charge in [0.05, 0.1) is 5.03 Å². The molecule has 0 atom stereocenters. The molecule has 0 unspecified atom stereocenters. The van der Waals surface area contributed by atoms with Gasteiger partial charge >= 0.3 is 0 Å². The van der Waals surface area contributed by atoms with Crippen molar-refractivity contribution in [3.05, 3.63) is 10.7 Å². The average molecular weight is 207 g/mol. The van der Waals surface area contributed by atoms with Gasteiger partial charge in [0.25, 0.3) is 0 Å². The summed E-state index contributed by atoms with van der Waals surface area (Å²) in [4.78, 5) is 0. The van der Waals surface area contributed by atoms with Gasteiger partial charge in [0, 0.05) is 13.1 Å². The highest BCUT2D eigenvalue weighted by Gasteiger charge is 1.98. The number of aryl methyl sites for hydroxylation is 1. The van der Waals surface area contributed by atoms with Crippen molar-refractivity contribution in [2.75, 3.05) is 6.26 Å². The molecule has 0 aliphatic rings. The lowest BCUT2D eigenvalue weighted by Crippen LogP contribution is -1.90. The summed E-state index contributed by atoms with van der Waals surface area (Å²) in [5, 5.41) is 5.26. The summed E-state index contributed by atoms with van der Waals surface area (Å²) < 4.78 is 2.74. The summed E-state index contributed by atoms with van der Waals surface area (Å²) in [5.74, 6) is 0. The Morgan fingerprint density at radius 2 is 2.44 bits per heavy atom. The smallest absolute Gasteiger partial charge is 0.129 e. The molecule has 0 aromatic carbocycles. The Morgan fingerprint density at radius 1 is 1.78 bits per heavy atom. The van der Waals surface area contributed by atoms with Crippen molar-refractivity contribution in [3.8, 4) is 0 Å². The fourth-order valence-electron chi connectivity index (χ4n) is 0.608. The second kappa shape index (κ2) is 2.75. The van der Waals surface area contributed by atoms with Gasteiger partial charge in [-0.05, 0) is 22.2 Å². The summed E-state index contributed by atoms with van der Waals surface area (Å²) in [7, 11) is 1.93. The van der Waals surface area contributed by atoms with E-state index in [1.54, 1.807) is 11.8 Å². The van der Waals surface area contributed by atoms with E-state index in [2.05, 4.69) is 21.0 Å². The molecular formula is C5H7BrN2S. The van der Waals surface area contributed by atoms with Crippen LogP contribution < -0.4 is 0 Å². The van der Waals surface area contributed by atoms with Crippen LogP contribution in [0.3, 0.4) is 0 Å². The molecular weight excluding hydrogens is 200 g/mol. The molecule has 0 saturated heterocycles. The molecule has 0 bridgehead atoms. The number of hydrogen-bond acceptors (Lipinski definition) is 2. The predicted octanol–water partition coefficient (Wildman–Crippen LogP) is 1.90. The Labute approximate surface area is 66.8 Å². The Bertz CT molecular complexity index is 209. The van der Waals surface area contributed by atoms with Gasteiger partial charge in [-0.1, -0.05) is 0 Å². The van der Waals surface area contributed by atoms with Crippen molar-refractivity contribution >= 4 is 27.7 Å². The van der Waals surface area contributed by atoms with E-state index in [0.29, 0.717) is 0 Å². The molecule has 9 heavy (non-hydrogen) atoms. The summed E-state index contributed by atoms with van der Waals surface area (Å²) in [6.45, 7) is 0. The highest BCUT2D eigenvalue weighted by Crippen LogP contribution is 2.17. The number of aromatic nitrogens is 2. The molecule has 4 heteroatoms. The zero-order chi connectivity index (χ0) is 6.85. The molecule has 0 aliphatic heterocycles. The van der Waals surface area contributed by atoms with E-state index in [0.717, 1.165) is 4.60 Å². The third-order valence-electron chi connectivity index (χ3n) is 1.02. The Balaban J connectivity index is 3.01. The van der Waals surface area contributed by atoms with Crippen LogP contribution in [0.25, 0.3) is 0 Å². The van der Waals surface area contributed by atoms with Crippen LogP contribution in [0.1, 0.15) is 0 Å². The number of rotatable bonds is 1. The van der Waals surface area contributed by atoms with Gasteiger partial charge in [0.1, 0.15) is 4.60 Å². The summed E-state index contributed by atoms with van der Waals surface area (Å²) >= 11 is 4.97. The average Bonchev–Trinajstić information content (AvgIpc) is 2.10. The minimum atomic E-state index is 0.898. The Kier molecular flexibility index (Phi) is 2.18. The van der Waals surface area contributed by atoms with Crippen molar-refractivity contribution in [1.82, 2.24) is 9.78 Å². The number of nitrogens with zero attached hydrogens (tertiary/aromatic N) is 2. The van der Waals surface area contributed by atoms with E-state index < -0.39 is 0 Å². The molecule has 1 heterocycles. The van der Waals surface area contributed by atoms with Crippen LogP contribution in [-0.4, -0.2) is 16.0 Å². The zero-order valence-corrected chi connectivity index (χ0v) is 7.66. The van der Waals surface area contributed by atoms with E-state index >= 15 is 0 Å². The maximum atomic E-state index is 4.09. The Morgan fingerprint density at radius 3 is 2.67 bits per heavy atom. The van der Waals surface area contributed by atoms with Gasteiger partial charge < -0.3 is 0 Å². The maximum absolute atomic E-state index is 4.09. The van der Waals surface area contributed by atoms with Gasteiger partial charge in [-0.3, -0.25) is 4.68 Å². The second-order valence-electron chi connectivity index (χ2n) is 1.63. The third kappa shape index (κ3) is 1.49. The van der Waals surface area contributed by atoms with Gasteiger partial charge in [0.15, 0.2) is 0 Å². The molecule has 0 spiro atoms. The molecule has 1 aromatic rings. The zero-order valence-electron chi connectivity index (χ0n) is 5.26. The van der Waals surface area contributed by atoms with Crippen molar-refractivity contribution < 1.29 is 0 Å². The fourth-order valence-corrected chi connectivity index (χ4v) is 1.75. The molecule has 0 saturated carbocycles. The lowest BCUT2D eigenvalue weighted by Gasteiger charge is -1.92. The van der Waals surface area contributed by atoms with Crippen LogP contribution in [-0.2, 0) is 7.05 Å². The minimum absolute atomic E-state index is 0.898. The van der Waals surface area contributed by atoms with E-state index in [4.69, 9.17) is 0 Å². The molecule has 0 amide bonds. The van der Waals surface area contributed by atoms with Crippen molar-refractivity contribution in [1.29, 1.82) is 0 Å². The maximum Gasteiger partial charge on any atom is 0.129 e. The van der Waals surface area contributed by atoms with Crippen LogP contribution >= 0.6 is 27.7 Å². The molecule has 50 valence electrons. The van der Waals surface area contributed by atoms with Crippen LogP contribution in [0.5, 0.6) is 0 Å². The lowest BCUT2D eigenvalue weighted by atomic mass is 10.7. The molecule has 2 nitrogen and oxygen atoms in total. The van der Waals surface area contributed by atoms with Crippen LogP contribution in [0.15, 0.2) is 15.7 Å². The number of thioether (sulfide) groups is 1. The largest absolute Gasteiger partial charge is 0.261 e. The van der Waals surface area contributed by atoms with Crippen LogP contribution in [0, 0.1) is 0 Å². The van der Waals surface area contributed by atoms with Gasteiger partial charge in [-0.2, -0.15) is 5.10 Å². The lowest BCUT2D eigenvalue weighted by molar-refractivity contribution is 0.695. The van der Waals surface area contributed by atoms with E-state index in [9.17, 15) is 0 Å². The SMILES string of the molecule is CSc1cc(Br)nn1C. The third-order valence-corrected chi connectivity index (χ3v) is 2.20. The first-order chi connectivity index (χ1) is 4.24. The molecule has 0 radical (unpaired) electrons. The molecule has 1 aromatic heterocycles. The normalized spacial score (nSPS) is 10.1. The fraction of sp³-hybridized carbons (Fsp3) is 0.400. The molecule has 0 aliphatic carbocycles.